The summed E-state index contributed by atoms with van der Waals surface area (Å²) in [4.78, 5) is 4.23. The molecule has 1 aromatic rings. The van der Waals surface area contributed by atoms with E-state index in [1.807, 2.05) is 20.8 Å². The van der Waals surface area contributed by atoms with Crippen LogP contribution in [0.15, 0.2) is 4.52 Å². The molecule has 0 aromatic carbocycles. The Kier molecular flexibility index (Phi) is 3.82. The zero-order valence-electron chi connectivity index (χ0n) is 9.78. The van der Waals surface area contributed by atoms with E-state index in [9.17, 15) is 0 Å². The second-order valence-electron chi connectivity index (χ2n) is 4.64. The summed E-state index contributed by atoms with van der Waals surface area (Å²) in [5.41, 5.74) is 5.91. The molecule has 0 saturated heterocycles. The van der Waals surface area contributed by atoms with Gasteiger partial charge in [-0.25, -0.2) is 0 Å². The molecule has 0 amide bonds. The Morgan fingerprint density at radius 3 is 2.67 bits per heavy atom. The first-order valence-corrected chi connectivity index (χ1v) is 5.02. The topological polar surface area (TPSA) is 74.2 Å². The van der Waals surface area contributed by atoms with Gasteiger partial charge in [0, 0.05) is 13.5 Å². The van der Waals surface area contributed by atoms with Crippen molar-refractivity contribution in [2.75, 3.05) is 13.7 Å². The minimum Gasteiger partial charge on any atom is -0.384 e. The highest BCUT2D eigenvalue weighted by Crippen LogP contribution is 2.29. The van der Waals surface area contributed by atoms with Crippen LogP contribution in [0.4, 0.5) is 0 Å². The fourth-order valence-corrected chi connectivity index (χ4v) is 1.06. The van der Waals surface area contributed by atoms with E-state index < -0.39 is 0 Å². The number of ether oxygens (including phenoxy) is 1. The molecule has 0 aliphatic rings. The van der Waals surface area contributed by atoms with E-state index in [1.165, 1.54) is 0 Å². The van der Waals surface area contributed by atoms with Gasteiger partial charge >= 0.3 is 0 Å². The van der Waals surface area contributed by atoms with E-state index in [2.05, 4.69) is 10.1 Å². The van der Waals surface area contributed by atoms with Crippen LogP contribution in [0.3, 0.4) is 0 Å². The van der Waals surface area contributed by atoms with E-state index in [4.69, 9.17) is 15.0 Å². The summed E-state index contributed by atoms with van der Waals surface area (Å²) in [7, 11) is 1.64. The summed E-state index contributed by atoms with van der Waals surface area (Å²) >= 11 is 0. The predicted octanol–water partition coefficient (Wildman–Crippen LogP) is 1.30. The van der Waals surface area contributed by atoms with E-state index in [-0.39, 0.29) is 11.5 Å². The average Bonchev–Trinajstić information content (AvgIpc) is 2.60. The fourth-order valence-electron chi connectivity index (χ4n) is 1.06. The normalized spacial score (nSPS) is 14.2. The third kappa shape index (κ3) is 3.28. The van der Waals surface area contributed by atoms with Crippen LogP contribution < -0.4 is 5.73 Å². The fraction of sp³-hybridized carbons (Fsp3) is 0.800. The van der Waals surface area contributed by atoms with Crippen molar-refractivity contribution in [2.24, 2.45) is 11.1 Å². The third-order valence-corrected chi connectivity index (χ3v) is 2.21. The molecule has 2 N–H and O–H groups in total. The van der Waals surface area contributed by atoms with Gasteiger partial charge in [0.05, 0.1) is 12.6 Å². The van der Waals surface area contributed by atoms with Crippen molar-refractivity contribution in [1.82, 2.24) is 10.1 Å². The number of aromatic nitrogens is 2. The predicted molar refractivity (Wildman–Crippen MR) is 56.3 cm³/mol. The number of rotatable bonds is 4. The number of hydrogen-bond acceptors (Lipinski definition) is 5. The van der Waals surface area contributed by atoms with Gasteiger partial charge in [0.2, 0.25) is 5.89 Å². The van der Waals surface area contributed by atoms with E-state index in [0.29, 0.717) is 24.7 Å². The summed E-state index contributed by atoms with van der Waals surface area (Å²) in [6.07, 6.45) is 0.650. The molecule has 1 heterocycles. The van der Waals surface area contributed by atoms with Crippen LogP contribution in [-0.4, -0.2) is 23.9 Å². The lowest BCUT2D eigenvalue weighted by atomic mass is 9.87. The summed E-state index contributed by atoms with van der Waals surface area (Å²) in [6.45, 7) is 6.70. The summed E-state index contributed by atoms with van der Waals surface area (Å²) in [6, 6.07) is -0.235. The van der Waals surface area contributed by atoms with Crippen molar-refractivity contribution in [3.05, 3.63) is 11.7 Å². The molecule has 0 aliphatic heterocycles. The number of nitrogens with zero attached hydrogens (tertiary/aromatic N) is 2. The molecule has 0 saturated carbocycles. The Balaban J connectivity index is 2.67. The SMILES string of the molecule is COCCc1noc(C(N)C(C)(C)C)n1. The monoisotopic (exact) mass is 213 g/mol. The molecule has 0 fully saturated rings. The maximum Gasteiger partial charge on any atom is 0.244 e. The highest BCUT2D eigenvalue weighted by molar-refractivity contribution is 4.96. The van der Waals surface area contributed by atoms with E-state index in [1.54, 1.807) is 7.11 Å². The van der Waals surface area contributed by atoms with Crippen molar-refractivity contribution in [3.63, 3.8) is 0 Å². The molecule has 5 nitrogen and oxygen atoms in total. The van der Waals surface area contributed by atoms with E-state index >= 15 is 0 Å². The summed E-state index contributed by atoms with van der Waals surface area (Å²) < 4.78 is 10.0. The zero-order chi connectivity index (χ0) is 11.5. The number of hydrogen-bond donors (Lipinski definition) is 1. The van der Waals surface area contributed by atoms with Gasteiger partial charge in [-0.15, -0.1) is 0 Å². The van der Waals surface area contributed by atoms with Gasteiger partial charge in [0.15, 0.2) is 5.82 Å². The van der Waals surface area contributed by atoms with Crippen LogP contribution in [0.5, 0.6) is 0 Å². The molecule has 1 aromatic heterocycles. The smallest absolute Gasteiger partial charge is 0.244 e. The van der Waals surface area contributed by atoms with E-state index in [0.717, 1.165) is 0 Å². The van der Waals surface area contributed by atoms with Crippen LogP contribution in [-0.2, 0) is 11.2 Å². The minimum absolute atomic E-state index is 0.0783. The van der Waals surface area contributed by atoms with Crippen molar-refractivity contribution in [2.45, 2.75) is 33.2 Å². The molecule has 0 spiro atoms. The van der Waals surface area contributed by atoms with Crippen molar-refractivity contribution in [1.29, 1.82) is 0 Å². The van der Waals surface area contributed by atoms with Gasteiger partial charge in [0.25, 0.3) is 0 Å². The first kappa shape index (κ1) is 12.1. The molecular formula is C10H19N3O2. The Hall–Kier alpha value is -0.940. The Morgan fingerprint density at radius 2 is 2.13 bits per heavy atom. The zero-order valence-corrected chi connectivity index (χ0v) is 9.78. The van der Waals surface area contributed by atoms with Crippen molar-refractivity contribution >= 4 is 0 Å². The molecule has 0 bridgehead atoms. The minimum atomic E-state index is -0.235. The van der Waals surface area contributed by atoms with Gasteiger partial charge in [-0.2, -0.15) is 4.98 Å². The molecule has 0 radical (unpaired) electrons. The van der Waals surface area contributed by atoms with Crippen LogP contribution in [0.2, 0.25) is 0 Å². The highest BCUT2D eigenvalue weighted by Gasteiger charge is 2.27. The largest absolute Gasteiger partial charge is 0.384 e. The van der Waals surface area contributed by atoms with Gasteiger partial charge in [-0.3, -0.25) is 0 Å². The summed E-state index contributed by atoms with van der Waals surface area (Å²) in [5, 5.41) is 3.84. The average molecular weight is 213 g/mol. The molecule has 5 heteroatoms. The molecular weight excluding hydrogens is 194 g/mol. The van der Waals surface area contributed by atoms with Crippen LogP contribution in [0.25, 0.3) is 0 Å². The second-order valence-corrected chi connectivity index (χ2v) is 4.64. The van der Waals surface area contributed by atoms with Gasteiger partial charge in [0.1, 0.15) is 0 Å². The lowest BCUT2D eigenvalue weighted by Crippen LogP contribution is -2.26. The van der Waals surface area contributed by atoms with Crippen molar-refractivity contribution < 1.29 is 9.26 Å². The molecule has 1 rings (SSSR count). The highest BCUT2D eigenvalue weighted by atomic mass is 16.5. The Morgan fingerprint density at radius 1 is 1.47 bits per heavy atom. The lowest BCUT2D eigenvalue weighted by Gasteiger charge is -2.23. The van der Waals surface area contributed by atoms with Gasteiger partial charge < -0.3 is 15.0 Å². The quantitative estimate of drug-likeness (QED) is 0.816. The second kappa shape index (κ2) is 4.72. The van der Waals surface area contributed by atoms with Gasteiger partial charge in [-0.05, 0) is 5.41 Å². The van der Waals surface area contributed by atoms with Crippen LogP contribution >= 0.6 is 0 Å². The van der Waals surface area contributed by atoms with Crippen LogP contribution in [0.1, 0.15) is 38.5 Å². The van der Waals surface area contributed by atoms with Gasteiger partial charge in [-0.1, -0.05) is 25.9 Å². The van der Waals surface area contributed by atoms with Crippen molar-refractivity contribution in [3.8, 4) is 0 Å². The molecule has 0 aliphatic carbocycles. The third-order valence-electron chi connectivity index (χ3n) is 2.21. The number of methoxy groups -OCH3 is 1. The Labute approximate surface area is 90.0 Å². The Bertz CT molecular complexity index is 304. The first-order chi connectivity index (χ1) is 6.95. The molecule has 1 unspecified atom stereocenters. The maximum atomic E-state index is 5.99. The number of nitrogens with two attached hydrogens (primary N) is 1. The molecule has 1 atom stereocenters. The maximum absolute atomic E-state index is 5.99. The molecule has 15 heavy (non-hydrogen) atoms. The standard InChI is InChI=1S/C10H19N3O2/c1-10(2,3)8(11)9-12-7(13-15-9)5-6-14-4/h8H,5-6,11H2,1-4H3. The van der Waals surface area contributed by atoms with Crippen LogP contribution in [0, 0.1) is 5.41 Å². The first-order valence-electron chi connectivity index (χ1n) is 5.02. The molecule has 86 valence electrons. The summed E-state index contributed by atoms with van der Waals surface area (Å²) in [5.74, 6) is 1.14. The lowest BCUT2D eigenvalue weighted by molar-refractivity contribution is 0.199.